The highest BCUT2D eigenvalue weighted by molar-refractivity contribution is 5.05. The van der Waals surface area contributed by atoms with E-state index in [-0.39, 0.29) is 5.41 Å². The standard InChI is InChI=1S/C16H30O/c1-12(2)16(7,11-15(4,5)6)13(3)17-10-14-8-9-14/h12,14H,3,8-11H2,1-2,4-7H3. The van der Waals surface area contributed by atoms with Gasteiger partial charge in [-0.3, -0.25) is 0 Å². The second kappa shape index (κ2) is 5.04. The van der Waals surface area contributed by atoms with E-state index in [9.17, 15) is 0 Å². The maximum absolute atomic E-state index is 5.94. The van der Waals surface area contributed by atoms with Crippen molar-refractivity contribution < 1.29 is 4.74 Å². The van der Waals surface area contributed by atoms with Crippen molar-refractivity contribution in [1.82, 2.24) is 0 Å². The second-order valence-corrected chi connectivity index (χ2v) is 7.49. The third-order valence-electron chi connectivity index (χ3n) is 4.00. The van der Waals surface area contributed by atoms with E-state index in [0.29, 0.717) is 11.3 Å². The molecule has 1 saturated carbocycles. The molecule has 0 aromatic carbocycles. The molecule has 17 heavy (non-hydrogen) atoms. The van der Waals surface area contributed by atoms with Crippen molar-refractivity contribution in [1.29, 1.82) is 0 Å². The van der Waals surface area contributed by atoms with Crippen LogP contribution in [0.25, 0.3) is 0 Å². The highest BCUT2D eigenvalue weighted by atomic mass is 16.5. The number of hydrogen-bond acceptors (Lipinski definition) is 1. The average molecular weight is 238 g/mol. The molecule has 0 aliphatic heterocycles. The molecule has 0 bridgehead atoms. The lowest BCUT2D eigenvalue weighted by molar-refractivity contribution is 0.0655. The topological polar surface area (TPSA) is 9.23 Å². The fourth-order valence-electron chi connectivity index (χ4n) is 2.39. The molecule has 0 spiro atoms. The number of rotatable bonds is 6. The van der Waals surface area contributed by atoms with Crippen LogP contribution in [0, 0.1) is 22.7 Å². The summed E-state index contributed by atoms with van der Waals surface area (Å²) in [6.07, 6.45) is 3.80. The predicted octanol–water partition coefficient (Wildman–Crippen LogP) is 5.03. The Kier molecular flexibility index (Phi) is 4.33. The fourth-order valence-corrected chi connectivity index (χ4v) is 2.39. The van der Waals surface area contributed by atoms with Crippen molar-refractivity contribution in [2.45, 2.75) is 60.8 Å². The van der Waals surface area contributed by atoms with Gasteiger partial charge >= 0.3 is 0 Å². The minimum absolute atomic E-state index is 0.0904. The molecule has 0 N–H and O–H groups in total. The molecule has 0 heterocycles. The summed E-state index contributed by atoms with van der Waals surface area (Å²) in [5.41, 5.74) is 0.401. The average Bonchev–Trinajstić information content (AvgIpc) is 2.94. The van der Waals surface area contributed by atoms with Crippen molar-refractivity contribution >= 4 is 0 Å². The Hall–Kier alpha value is -0.460. The van der Waals surface area contributed by atoms with Gasteiger partial charge in [0.25, 0.3) is 0 Å². The van der Waals surface area contributed by atoms with Crippen LogP contribution in [0.3, 0.4) is 0 Å². The highest BCUT2D eigenvalue weighted by Gasteiger charge is 2.37. The minimum Gasteiger partial charge on any atom is -0.498 e. The van der Waals surface area contributed by atoms with Crippen LogP contribution in [0.5, 0.6) is 0 Å². The van der Waals surface area contributed by atoms with Crippen LogP contribution in [0.2, 0.25) is 0 Å². The summed E-state index contributed by atoms with van der Waals surface area (Å²) < 4.78 is 5.94. The Bertz CT molecular complexity index is 268. The van der Waals surface area contributed by atoms with Crippen LogP contribution < -0.4 is 0 Å². The number of hydrogen-bond donors (Lipinski definition) is 0. The zero-order valence-corrected chi connectivity index (χ0v) is 12.6. The molecule has 1 nitrogen and oxygen atoms in total. The molecule has 1 fully saturated rings. The first-order chi connectivity index (χ1) is 7.65. The summed E-state index contributed by atoms with van der Waals surface area (Å²) >= 11 is 0. The fraction of sp³-hybridized carbons (Fsp3) is 0.875. The Labute approximate surface area is 108 Å². The maximum Gasteiger partial charge on any atom is 0.0949 e. The normalized spacial score (nSPS) is 20.2. The molecule has 0 amide bonds. The maximum atomic E-state index is 5.94. The summed E-state index contributed by atoms with van der Waals surface area (Å²) in [7, 11) is 0. The van der Waals surface area contributed by atoms with E-state index in [1.165, 1.54) is 12.8 Å². The van der Waals surface area contributed by atoms with E-state index in [2.05, 4.69) is 48.1 Å². The minimum atomic E-state index is 0.0904. The molecule has 1 aliphatic carbocycles. The smallest absolute Gasteiger partial charge is 0.0949 e. The summed E-state index contributed by atoms with van der Waals surface area (Å²) in [4.78, 5) is 0. The summed E-state index contributed by atoms with van der Waals surface area (Å²) in [5, 5.41) is 0. The molecule has 0 aromatic rings. The highest BCUT2D eigenvalue weighted by Crippen LogP contribution is 2.45. The molecule has 0 saturated heterocycles. The van der Waals surface area contributed by atoms with Crippen LogP contribution in [-0.2, 0) is 4.74 Å². The third kappa shape index (κ3) is 4.37. The van der Waals surface area contributed by atoms with E-state index in [1.807, 2.05) is 0 Å². The second-order valence-electron chi connectivity index (χ2n) is 7.49. The van der Waals surface area contributed by atoms with Gasteiger partial charge in [0.15, 0.2) is 0 Å². The molecule has 1 atom stereocenters. The van der Waals surface area contributed by atoms with E-state index in [0.717, 1.165) is 24.7 Å². The zero-order chi connectivity index (χ0) is 13.3. The van der Waals surface area contributed by atoms with Gasteiger partial charge in [0.05, 0.1) is 12.4 Å². The molecule has 0 radical (unpaired) electrons. The first-order valence-electron chi connectivity index (χ1n) is 6.97. The molecular weight excluding hydrogens is 208 g/mol. The third-order valence-corrected chi connectivity index (χ3v) is 4.00. The van der Waals surface area contributed by atoms with Crippen LogP contribution >= 0.6 is 0 Å². The van der Waals surface area contributed by atoms with Gasteiger partial charge in [-0.15, -0.1) is 0 Å². The summed E-state index contributed by atoms with van der Waals surface area (Å²) in [5.74, 6) is 2.36. The van der Waals surface area contributed by atoms with Crippen molar-refractivity contribution in [2.75, 3.05) is 6.61 Å². The molecular formula is C16H30O. The Morgan fingerprint density at radius 3 is 2.12 bits per heavy atom. The largest absolute Gasteiger partial charge is 0.498 e. The van der Waals surface area contributed by atoms with Gasteiger partial charge in [-0.25, -0.2) is 0 Å². The van der Waals surface area contributed by atoms with Gasteiger partial charge in [-0.1, -0.05) is 48.1 Å². The van der Waals surface area contributed by atoms with Gasteiger partial charge in [-0.2, -0.15) is 0 Å². The lowest BCUT2D eigenvalue weighted by atomic mass is 9.68. The molecule has 1 rings (SSSR count). The van der Waals surface area contributed by atoms with Gasteiger partial charge in [-0.05, 0) is 36.5 Å². The molecule has 1 heteroatoms. The van der Waals surface area contributed by atoms with Crippen LogP contribution in [0.1, 0.15) is 60.8 Å². The summed E-state index contributed by atoms with van der Waals surface area (Å²) in [6.45, 7) is 18.8. The molecule has 0 aromatic heterocycles. The van der Waals surface area contributed by atoms with E-state index in [4.69, 9.17) is 4.74 Å². The van der Waals surface area contributed by atoms with E-state index < -0.39 is 0 Å². The van der Waals surface area contributed by atoms with Crippen LogP contribution in [0.15, 0.2) is 12.3 Å². The van der Waals surface area contributed by atoms with Crippen molar-refractivity contribution in [3.63, 3.8) is 0 Å². The molecule has 100 valence electrons. The Balaban J connectivity index is 2.64. The zero-order valence-electron chi connectivity index (χ0n) is 12.6. The Morgan fingerprint density at radius 1 is 1.24 bits per heavy atom. The quantitative estimate of drug-likeness (QED) is 0.590. The van der Waals surface area contributed by atoms with Gasteiger partial charge < -0.3 is 4.74 Å². The lowest BCUT2D eigenvalue weighted by Crippen LogP contribution is -2.32. The van der Waals surface area contributed by atoms with Crippen LogP contribution in [-0.4, -0.2) is 6.61 Å². The van der Waals surface area contributed by atoms with E-state index in [1.54, 1.807) is 0 Å². The number of allylic oxidation sites excluding steroid dienone is 1. The van der Waals surface area contributed by atoms with Gasteiger partial charge in [0, 0.05) is 5.41 Å². The van der Waals surface area contributed by atoms with Gasteiger partial charge in [0.2, 0.25) is 0 Å². The van der Waals surface area contributed by atoms with Crippen molar-refractivity contribution in [2.24, 2.45) is 22.7 Å². The Morgan fingerprint density at radius 2 is 1.76 bits per heavy atom. The summed E-state index contributed by atoms with van der Waals surface area (Å²) in [6, 6.07) is 0. The lowest BCUT2D eigenvalue weighted by Gasteiger charge is -2.40. The van der Waals surface area contributed by atoms with Gasteiger partial charge in [0.1, 0.15) is 0 Å². The number of ether oxygens (including phenoxy) is 1. The molecule has 1 unspecified atom stereocenters. The van der Waals surface area contributed by atoms with Crippen molar-refractivity contribution in [3.8, 4) is 0 Å². The monoisotopic (exact) mass is 238 g/mol. The van der Waals surface area contributed by atoms with E-state index >= 15 is 0 Å². The van der Waals surface area contributed by atoms with Crippen LogP contribution in [0.4, 0.5) is 0 Å². The first-order valence-corrected chi connectivity index (χ1v) is 6.97. The SMILES string of the molecule is C=C(OCC1CC1)C(C)(CC(C)(C)C)C(C)C. The first kappa shape index (κ1) is 14.6. The van der Waals surface area contributed by atoms with Crippen molar-refractivity contribution in [3.05, 3.63) is 12.3 Å². The molecule has 1 aliphatic rings. The predicted molar refractivity (Wildman–Crippen MR) is 74.8 cm³/mol.